The maximum Gasteiger partial charge on any atom is 0.329 e. The Morgan fingerprint density at radius 2 is 1.26 bits per heavy atom. The van der Waals surface area contributed by atoms with E-state index in [1.165, 1.54) is 16.3 Å². The molecule has 1 aromatic heterocycles. The van der Waals surface area contributed by atoms with Crippen LogP contribution < -0.4 is 11.2 Å². The second-order valence-corrected chi connectivity index (χ2v) is 10.6. The summed E-state index contributed by atoms with van der Waals surface area (Å²) in [7, 11) is 0. The van der Waals surface area contributed by atoms with Crippen LogP contribution in [0.3, 0.4) is 0 Å². The van der Waals surface area contributed by atoms with Crippen LogP contribution in [0.15, 0.2) is 107 Å². The van der Waals surface area contributed by atoms with Gasteiger partial charge in [0.15, 0.2) is 0 Å². The summed E-state index contributed by atoms with van der Waals surface area (Å²) >= 11 is 1.41. The largest absolute Gasteiger partial charge is 0.376 e. The predicted molar refractivity (Wildman–Crippen MR) is 148 cm³/mol. The molecule has 3 aromatic carbocycles. The molecule has 1 aliphatic rings. The highest BCUT2D eigenvalue weighted by atomic mass is 32.2. The summed E-state index contributed by atoms with van der Waals surface area (Å²) in [5.74, 6) is -1.04. The van der Waals surface area contributed by atoms with Gasteiger partial charge in [0.25, 0.3) is 5.56 Å². The van der Waals surface area contributed by atoms with Crippen molar-refractivity contribution in [3.05, 3.63) is 141 Å². The molecule has 9 heteroatoms. The molecule has 0 radical (unpaired) electrons. The Balaban J connectivity index is 1.43. The molecule has 4 atom stereocenters. The highest BCUT2D eigenvalue weighted by Gasteiger charge is 2.47. The molecule has 1 N–H and O–H groups in total. The molecule has 1 aliphatic heterocycles. The van der Waals surface area contributed by atoms with Gasteiger partial charge >= 0.3 is 5.69 Å². The van der Waals surface area contributed by atoms with E-state index in [1.807, 2.05) is 91.0 Å². The second-order valence-electron chi connectivity index (χ2n) is 9.23. The third kappa shape index (κ3) is 6.93. The summed E-state index contributed by atoms with van der Waals surface area (Å²) < 4.78 is 34.4. The van der Waals surface area contributed by atoms with Crippen molar-refractivity contribution >= 4 is 11.8 Å². The van der Waals surface area contributed by atoms with Crippen molar-refractivity contribution in [2.75, 3.05) is 6.61 Å². The number of hydrogen-bond acceptors (Lipinski definition) is 6. The fraction of sp³-hybridized carbons (Fsp3) is 0.267. The molecule has 0 saturated carbocycles. The number of H-pyrrole nitrogens is 1. The molecule has 1 fully saturated rings. The average Bonchev–Trinajstić information content (AvgIpc) is 3.31. The van der Waals surface area contributed by atoms with Gasteiger partial charge in [-0.1, -0.05) is 91.0 Å². The summed E-state index contributed by atoms with van der Waals surface area (Å²) in [5.41, 5.74) is 1.21. The Morgan fingerprint density at radius 3 is 1.82 bits per heavy atom. The van der Waals surface area contributed by atoms with Gasteiger partial charge in [0.05, 0.1) is 37.9 Å². The molecule has 0 spiro atoms. The monoisotopic (exact) mass is 548 g/mol. The smallest absolute Gasteiger partial charge is 0.329 e. The SMILES string of the molecule is O=c1[nH]c(=O)n([C@@H]2S[C@@H](COCc3ccccc3)[C@H](OCc3ccccc3)[C@H]2OCc2ccccc2)cc1F. The molecule has 1 saturated heterocycles. The zero-order valence-corrected chi connectivity index (χ0v) is 22.0. The fourth-order valence-electron chi connectivity index (χ4n) is 4.50. The van der Waals surface area contributed by atoms with Crippen molar-refractivity contribution in [3.63, 3.8) is 0 Å². The quantitative estimate of drug-likeness (QED) is 0.293. The second kappa shape index (κ2) is 13.0. The molecule has 5 rings (SSSR count). The van der Waals surface area contributed by atoms with Crippen LogP contribution in [0.4, 0.5) is 4.39 Å². The van der Waals surface area contributed by atoms with Crippen molar-refractivity contribution in [2.24, 2.45) is 0 Å². The lowest BCUT2D eigenvalue weighted by atomic mass is 10.1. The molecular formula is C30H29FN2O5S. The molecule has 4 aromatic rings. The van der Waals surface area contributed by atoms with Crippen LogP contribution in [0.5, 0.6) is 0 Å². The number of aromatic nitrogens is 2. The van der Waals surface area contributed by atoms with Crippen molar-refractivity contribution in [1.29, 1.82) is 0 Å². The first-order chi connectivity index (χ1) is 19.1. The van der Waals surface area contributed by atoms with Crippen LogP contribution in [0.2, 0.25) is 0 Å². The van der Waals surface area contributed by atoms with E-state index in [-0.39, 0.29) is 11.9 Å². The Kier molecular flexibility index (Phi) is 9.05. The van der Waals surface area contributed by atoms with E-state index < -0.39 is 34.6 Å². The van der Waals surface area contributed by atoms with Gasteiger partial charge in [-0.15, -0.1) is 11.8 Å². The normalized spacial score (nSPS) is 20.7. The van der Waals surface area contributed by atoms with Gasteiger partial charge in [0.2, 0.25) is 5.82 Å². The Morgan fingerprint density at radius 1 is 0.744 bits per heavy atom. The van der Waals surface area contributed by atoms with Gasteiger partial charge in [0.1, 0.15) is 17.6 Å². The number of aromatic amines is 1. The third-order valence-corrected chi connectivity index (χ3v) is 7.98. The minimum Gasteiger partial charge on any atom is -0.376 e. The summed E-state index contributed by atoms with van der Waals surface area (Å²) in [5, 5.41) is -0.885. The summed E-state index contributed by atoms with van der Waals surface area (Å²) in [6, 6.07) is 29.3. The lowest BCUT2D eigenvalue weighted by Crippen LogP contribution is -2.41. The minimum absolute atomic E-state index is 0.231. The van der Waals surface area contributed by atoms with E-state index in [4.69, 9.17) is 14.2 Å². The number of halogens is 1. The van der Waals surface area contributed by atoms with Crippen LogP contribution in [-0.2, 0) is 34.0 Å². The summed E-state index contributed by atoms with van der Waals surface area (Å²) in [6.07, 6.45) is -0.173. The van der Waals surface area contributed by atoms with Crippen molar-refractivity contribution < 1.29 is 18.6 Å². The zero-order valence-electron chi connectivity index (χ0n) is 21.2. The molecule has 7 nitrogen and oxygen atoms in total. The highest BCUT2D eigenvalue weighted by Crippen LogP contribution is 2.45. The van der Waals surface area contributed by atoms with E-state index in [9.17, 15) is 14.0 Å². The molecule has 202 valence electrons. The van der Waals surface area contributed by atoms with Crippen molar-refractivity contribution in [2.45, 2.75) is 42.7 Å². The lowest BCUT2D eigenvalue weighted by Gasteiger charge is -2.27. The van der Waals surface area contributed by atoms with Crippen LogP contribution in [0.25, 0.3) is 0 Å². The van der Waals surface area contributed by atoms with Crippen LogP contribution >= 0.6 is 11.8 Å². The maximum absolute atomic E-state index is 14.3. The third-order valence-electron chi connectivity index (χ3n) is 6.45. The molecule has 0 unspecified atom stereocenters. The number of nitrogens with one attached hydrogen (secondary N) is 1. The molecule has 39 heavy (non-hydrogen) atoms. The van der Waals surface area contributed by atoms with Crippen molar-refractivity contribution in [3.8, 4) is 0 Å². The van der Waals surface area contributed by atoms with E-state index in [1.54, 1.807) is 0 Å². The first kappa shape index (κ1) is 27.1. The molecule has 0 amide bonds. The molecule has 0 aliphatic carbocycles. The standard InChI is InChI=1S/C30H29FN2O5S/c31-24-16-33(30(35)32-28(24)34)29-27(38-19-23-14-8-3-9-15-23)26(37-18-22-12-6-2-7-13-22)25(39-29)20-36-17-21-10-4-1-5-11-21/h1-16,25-27,29H,17-20H2,(H,32,34,35)/t25-,26-,27+,29+/m0/s1. The maximum atomic E-state index is 14.3. The van der Waals surface area contributed by atoms with Crippen LogP contribution in [-0.4, -0.2) is 33.6 Å². The minimum atomic E-state index is -1.05. The first-order valence-electron chi connectivity index (χ1n) is 12.7. The summed E-state index contributed by atoms with van der Waals surface area (Å²) in [4.78, 5) is 26.6. The molecular weight excluding hydrogens is 519 g/mol. The van der Waals surface area contributed by atoms with Crippen LogP contribution in [0.1, 0.15) is 22.1 Å². The topological polar surface area (TPSA) is 82.6 Å². The number of benzene rings is 3. The van der Waals surface area contributed by atoms with E-state index in [2.05, 4.69) is 4.98 Å². The van der Waals surface area contributed by atoms with E-state index >= 15 is 0 Å². The van der Waals surface area contributed by atoms with Gasteiger partial charge in [-0.3, -0.25) is 14.3 Å². The lowest BCUT2D eigenvalue weighted by molar-refractivity contribution is -0.0920. The van der Waals surface area contributed by atoms with Gasteiger partial charge in [-0.05, 0) is 16.7 Å². The molecule has 2 heterocycles. The number of ether oxygens (including phenoxy) is 3. The Bertz CT molecular complexity index is 1450. The average molecular weight is 549 g/mol. The number of nitrogens with zero attached hydrogens (tertiary/aromatic N) is 1. The van der Waals surface area contributed by atoms with Gasteiger partial charge in [0, 0.05) is 0 Å². The van der Waals surface area contributed by atoms with Gasteiger partial charge < -0.3 is 14.2 Å². The Hall–Kier alpha value is -3.50. The molecule has 0 bridgehead atoms. The highest BCUT2D eigenvalue weighted by molar-refractivity contribution is 8.00. The number of thioether (sulfide) groups is 1. The number of rotatable bonds is 11. The Labute approximate surface area is 229 Å². The van der Waals surface area contributed by atoms with Gasteiger partial charge in [-0.2, -0.15) is 4.39 Å². The predicted octanol–water partition coefficient (Wildman–Crippen LogP) is 4.68. The van der Waals surface area contributed by atoms with E-state index in [0.717, 1.165) is 22.9 Å². The van der Waals surface area contributed by atoms with Crippen molar-refractivity contribution in [1.82, 2.24) is 9.55 Å². The van der Waals surface area contributed by atoms with E-state index in [0.29, 0.717) is 19.8 Å². The summed E-state index contributed by atoms with van der Waals surface area (Å²) in [6.45, 7) is 1.33. The van der Waals surface area contributed by atoms with Gasteiger partial charge in [-0.25, -0.2) is 4.79 Å². The number of hydrogen-bond donors (Lipinski definition) is 1. The van der Waals surface area contributed by atoms with Crippen LogP contribution in [0, 0.1) is 5.82 Å². The zero-order chi connectivity index (χ0) is 27.0. The fourth-order valence-corrected chi connectivity index (χ4v) is 6.09. The first-order valence-corrected chi connectivity index (χ1v) is 13.6.